The van der Waals surface area contributed by atoms with Crippen LogP contribution in [0.4, 0.5) is 4.79 Å². The van der Waals surface area contributed by atoms with Crippen molar-refractivity contribution in [1.82, 2.24) is 14.5 Å². The van der Waals surface area contributed by atoms with Crippen molar-refractivity contribution >= 4 is 46.1 Å². The Morgan fingerprint density at radius 1 is 1.31 bits per heavy atom. The Bertz CT molecular complexity index is 808. The van der Waals surface area contributed by atoms with Crippen LogP contribution in [0.3, 0.4) is 0 Å². The average Bonchev–Trinajstić information content (AvgIpc) is 2.67. The van der Waals surface area contributed by atoms with E-state index in [0.29, 0.717) is 25.3 Å². The van der Waals surface area contributed by atoms with Crippen molar-refractivity contribution in [2.24, 2.45) is 10.7 Å². The number of hydrogen-bond acceptors (Lipinski definition) is 5. The van der Waals surface area contributed by atoms with Crippen molar-refractivity contribution in [2.75, 3.05) is 33.8 Å². The zero-order chi connectivity index (χ0) is 20.7. The first-order valence-electron chi connectivity index (χ1n) is 9.24. The Kier molecular flexibility index (Phi) is 10.1. The lowest BCUT2D eigenvalue weighted by atomic mass is 10.1. The van der Waals surface area contributed by atoms with Gasteiger partial charge in [0.2, 0.25) is 10.0 Å². The molecule has 1 aromatic carbocycles. The number of benzene rings is 1. The number of ether oxygens (including phenoxy) is 1. The number of piperidine rings is 1. The number of carbonyl (C=O) groups is 1. The number of nitrogens with zero attached hydrogens (tertiary/aromatic N) is 3. The molecule has 2 rings (SSSR count). The smallest absolute Gasteiger partial charge is 0.409 e. The summed E-state index contributed by atoms with van der Waals surface area (Å²) in [5, 5.41) is 3.15. The molecule has 0 spiro atoms. The van der Waals surface area contributed by atoms with Crippen molar-refractivity contribution in [1.29, 1.82) is 0 Å². The average molecular weight is 539 g/mol. The van der Waals surface area contributed by atoms with Crippen LogP contribution in [0.15, 0.2) is 34.2 Å². The molecule has 0 bridgehead atoms. The Morgan fingerprint density at radius 2 is 1.93 bits per heavy atom. The summed E-state index contributed by atoms with van der Waals surface area (Å²) in [5.74, 6) is 0.256. The number of sulfonamides is 1. The molecule has 1 aromatic rings. The first kappa shape index (κ1) is 25.4. The van der Waals surface area contributed by atoms with Crippen LogP contribution in [0.25, 0.3) is 0 Å². The quantitative estimate of drug-likeness (QED) is 0.322. The van der Waals surface area contributed by atoms with Crippen molar-refractivity contribution in [3.05, 3.63) is 29.8 Å². The normalized spacial score (nSPS) is 15.7. The molecule has 1 fully saturated rings. The molecular weight excluding hydrogens is 509 g/mol. The summed E-state index contributed by atoms with van der Waals surface area (Å²) in [4.78, 5) is 17.9. The molecule has 1 saturated heterocycles. The predicted molar refractivity (Wildman–Crippen MR) is 123 cm³/mol. The third kappa shape index (κ3) is 7.00. The molecule has 0 radical (unpaired) electrons. The third-order valence-corrected chi connectivity index (χ3v) is 6.44. The van der Waals surface area contributed by atoms with Gasteiger partial charge in [0.1, 0.15) is 0 Å². The molecule has 3 N–H and O–H groups in total. The van der Waals surface area contributed by atoms with Gasteiger partial charge < -0.3 is 20.7 Å². The number of nitrogens with two attached hydrogens (primary N) is 1. The van der Waals surface area contributed by atoms with Gasteiger partial charge in [0.25, 0.3) is 0 Å². The summed E-state index contributed by atoms with van der Waals surface area (Å²) in [6, 6.07) is 6.85. The summed E-state index contributed by atoms with van der Waals surface area (Å²) in [6.45, 7) is 3.48. The zero-order valence-corrected chi connectivity index (χ0v) is 20.1. The molecule has 9 nitrogen and oxygen atoms in total. The van der Waals surface area contributed by atoms with E-state index in [1.807, 2.05) is 0 Å². The molecule has 1 amide bonds. The molecule has 164 valence electrons. The number of nitrogens with one attached hydrogen (secondary N) is 1. The molecule has 0 aliphatic carbocycles. The van der Waals surface area contributed by atoms with Gasteiger partial charge in [-0.25, -0.2) is 22.5 Å². The highest BCUT2D eigenvalue weighted by Gasteiger charge is 2.24. The largest absolute Gasteiger partial charge is 0.450 e. The highest BCUT2D eigenvalue weighted by atomic mass is 127. The molecule has 0 unspecified atom stereocenters. The number of aliphatic imine (C=N–C) groups is 1. The summed E-state index contributed by atoms with van der Waals surface area (Å²) in [7, 11) is -0.560. The van der Waals surface area contributed by atoms with E-state index in [1.54, 1.807) is 36.1 Å². The molecule has 11 heteroatoms. The van der Waals surface area contributed by atoms with Crippen molar-refractivity contribution < 1.29 is 17.9 Å². The van der Waals surface area contributed by atoms with Crippen LogP contribution in [0.2, 0.25) is 0 Å². The van der Waals surface area contributed by atoms with E-state index >= 15 is 0 Å². The molecule has 29 heavy (non-hydrogen) atoms. The van der Waals surface area contributed by atoms with E-state index in [-0.39, 0.29) is 53.5 Å². The van der Waals surface area contributed by atoms with Gasteiger partial charge in [-0.15, -0.1) is 24.0 Å². The molecule has 1 heterocycles. The fourth-order valence-corrected chi connectivity index (χ4v) is 4.04. The van der Waals surface area contributed by atoms with Gasteiger partial charge in [0, 0.05) is 33.2 Å². The first-order chi connectivity index (χ1) is 13.3. The van der Waals surface area contributed by atoms with Gasteiger partial charge in [-0.1, -0.05) is 18.2 Å². The van der Waals surface area contributed by atoms with Crippen LogP contribution in [0.5, 0.6) is 0 Å². The van der Waals surface area contributed by atoms with Crippen LogP contribution in [0.1, 0.15) is 25.3 Å². The summed E-state index contributed by atoms with van der Waals surface area (Å²) < 4.78 is 31.1. The molecule has 1 aliphatic heterocycles. The minimum Gasteiger partial charge on any atom is -0.450 e. The van der Waals surface area contributed by atoms with Gasteiger partial charge in [0.05, 0.1) is 18.0 Å². The Hall–Kier alpha value is -1.60. The van der Waals surface area contributed by atoms with Gasteiger partial charge in [-0.3, -0.25) is 0 Å². The second-order valence-electron chi connectivity index (χ2n) is 6.70. The standard InChI is InChI=1S/C18H29N5O4S.HI/c1-4-27-18(24)23-11-9-15(10-12-23)21-17(19)20-13-14-7-5-6-8-16(14)28(25,26)22(2)3;/h5-8,15H,4,9-13H2,1-3H3,(H3,19,20,21);1H. The van der Waals surface area contributed by atoms with Crippen LogP contribution >= 0.6 is 24.0 Å². The van der Waals surface area contributed by atoms with Crippen molar-refractivity contribution in [3.8, 4) is 0 Å². The summed E-state index contributed by atoms with van der Waals surface area (Å²) in [5.41, 5.74) is 6.57. The maximum absolute atomic E-state index is 12.4. The van der Waals surface area contributed by atoms with Gasteiger partial charge >= 0.3 is 6.09 Å². The predicted octanol–water partition coefficient (Wildman–Crippen LogP) is 1.58. The van der Waals surface area contributed by atoms with E-state index in [2.05, 4.69) is 10.3 Å². The number of halogens is 1. The van der Waals surface area contributed by atoms with E-state index < -0.39 is 10.0 Å². The number of carbonyl (C=O) groups excluding carboxylic acids is 1. The fraction of sp³-hybridized carbons (Fsp3) is 0.556. The van der Waals surface area contributed by atoms with Gasteiger partial charge in [0.15, 0.2) is 5.96 Å². The van der Waals surface area contributed by atoms with E-state index in [1.165, 1.54) is 18.4 Å². The first-order valence-corrected chi connectivity index (χ1v) is 10.7. The summed E-state index contributed by atoms with van der Waals surface area (Å²) in [6.07, 6.45) is 1.18. The number of rotatable bonds is 6. The topological polar surface area (TPSA) is 117 Å². The number of guanidine groups is 1. The Labute approximate surface area is 189 Å². The van der Waals surface area contributed by atoms with Crippen LogP contribution in [0, 0.1) is 0 Å². The second kappa shape index (κ2) is 11.6. The van der Waals surface area contributed by atoms with Crippen molar-refractivity contribution in [3.63, 3.8) is 0 Å². The second-order valence-corrected chi connectivity index (χ2v) is 8.82. The molecule has 0 saturated carbocycles. The zero-order valence-electron chi connectivity index (χ0n) is 17.0. The lowest BCUT2D eigenvalue weighted by Crippen LogP contribution is -2.48. The van der Waals surface area contributed by atoms with Crippen molar-refractivity contribution in [2.45, 2.75) is 37.2 Å². The Balaban J connectivity index is 0.00000420. The number of amides is 1. The molecule has 0 aromatic heterocycles. The van der Waals surface area contributed by atoms with E-state index in [4.69, 9.17) is 10.5 Å². The molecule has 1 aliphatic rings. The van der Waals surface area contributed by atoms with E-state index in [9.17, 15) is 13.2 Å². The Morgan fingerprint density at radius 3 is 2.52 bits per heavy atom. The third-order valence-electron chi connectivity index (χ3n) is 4.52. The van der Waals surface area contributed by atoms with Gasteiger partial charge in [-0.05, 0) is 31.4 Å². The number of hydrogen-bond donors (Lipinski definition) is 2. The SMILES string of the molecule is CCOC(=O)N1CCC(NC(N)=NCc2ccccc2S(=O)(=O)N(C)C)CC1.I. The van der Waals surface area contributed by atoms with Crippen LogP contribution in [-0.4, -0.2) is 69.5 Å². The maximum Gasteiger partial charge on any atom is 0.409 e. The summed E-state index contributed by atoms with van der Waals surface area (Å²) >= 11 is 0. The minimum absolute atomic E-state index is 0. The lowest BCUT2D eigenvalue weighted by molar-refractivity contribution is 0.0963. The number of likely N-dealkylation sites (tertiary alicyclic amines) is 1. The molecule has 0 atom stereocenters. The minimum atomic E-state index is -3.55. The maximum atomic E-state index is 12.4. The lowest BCUT2D eigenvalue weighted by Gasteiger charge is -2.31. The van der Waals surface area contributed by atoms with E-state index in [0.717, 1.165) is 12.8 Å². The van der Waals surface area contributed by atoms with Crippen LogP contribution in [-0.2, 0) is 21.3 Å². The highest BCUT2D eigenvalue weighted by molar-refractivity contribution is 14.0. The van der Waals surface area contributed by atoms with Crippen LogP contribution < -0.4 is 11.1 Å². The van der Waals surface area contributed by atoms with Gasteiger partial charge in [-0.2, -0.15) is 0 Å². The molecular formula is C18H30IN5O4S. The monoisotopic (exact) mass is 539 g/mol. The highest BCUT2D eigenvalue weighted by Crippen LogP contribution is 2.19. The fourth-order valence-electron chi connectivity index (χ4n) is 2.93.